The van der Waals surface area contributed by atoms with Gasteiger partial charge in [-0.2, -0.15) is 0 Å². The van der Waals surface area contributed by atoms with Crippen molar-refractivity contribution in [1.82, 2.24) is 9.97 Å². The summed E-state index contributed by atoms with van der Waals surface area (Å²) >= 11 is 0. The van der Waals surface area contributed by atoms with Crippen molar-refractivity contribution in [3.8, 4) is 11.4 Å². The Morgan fingerprint density at radius 1 is 1.29 bits per heavy atom. The fourth-order valence-electron chi connectivity index (χ4n) is 2.06. The first-order chi connectivity index (χ1) is 10.1. The SMILES string of the molecule is CCN(CC)c1nc(-c2ccccc2F)ncc1C(=O)O. The highest BCUT2D eigenvalue weighted by atomic mass is 19.1. The number of hydrogen-bond acceptors (Lipinski definition) is 4. The van der Waals surface area contributed by atoms with Crippen LogP contribution in [0.3, 0.4) is 0 Å². The van der Waals surface area contributed by atoms with Crippen LogP contribution in [0.2, 0.25) is 0 Å². The number of carboxylic acids is 1. The Morgan fingerprint density at radius 3 is 2.52 bits per heavy atom. The smallest absolute Gasteiger partial charge is 0.341 e. The fourth-order valence-corrected chi connectivity index (χ4v) is 2.06. The maximum Gasteiger partial charge on any atom is 0.341 e. The van der Waals surface area contributed by atoms with Crippen LogP contribution < -0.4 is 4.90 Å². The summed E-state index contributed by atoms with van der Waals surface area (Å²) in [5.74, 6) is -1.05. The lowest BCUT2D eigenvalue weighted by atomic mass is 10.2. The first-order valence-corrected chi connectivity index (χ1v) is 6.68. The number of carboxylic acid groups (broad SMARTS) is 1. The normalized spacial score (nSPS) is 10.4. The van der Waals surface area contributed by atoms with Gasteiger partial charge >= 0.3 is 5.97 Å². The molecule has 0 atom stereocenters. The standard InChI is InChI=1S/C15H16FN3O2/c1-3-19(4-2)14-11(15(20)21)9-17-13(18-14)10-7-5-6-8-12(10)16/h5-9H,3-4H2,1-2H3,(H,20,21). The lowest BCUT2D eigenvalue weighted by molar-refractivity contribution is 0.0696. The van der Waals surface area contributed by atoms with E-state index in [0.29, 0.717) is 18.9 Å². The molecule has 2 rings (SSSR count). The molecule has 6 heteroatoms. The molecule has 0 aliphatic heterocycles. The highest BCUT2D eigenvalue weighted by molar-refractivity contribution is 5.93. The molecule has 5 nitrogen and oxygen atoms in total. The van der Waals surface area contributed by atoms with Crippen LogP contribution >= 0.6 is 0 Å². The van der Waals surface area contributed by atoms with E-state index in [1.165, 1.54) is 12.3 Å². The summed E-state index contributed by atoms with van der Waals surface area (Å²) in [5.41, 5.74) is 0.265. The van der Waals surface area contributed by atoms with Crippen LogP contribution in [0.5, 0.6) is 0 Å². The molecule has 0 unspecified atom stereocenters. The number of nitrogens with zero attached hydrogens (tertiary/aromatic N) is 3. The van der Waals surface area contributed by atoms with Gasteiger partial charge in [0.2, 0.25) is 0 Å². The number of anilines is 1. The van der Waals surface area contributed by atoms with Crippen molar-refractivity contribution in [3.05, 3.63) is 41.8 Å². The van der Waals surface area contributed by atoms with Crippen LogP contribution in [-0.2, 0) is 0 Å². The first-order valence-electron chi connectivity index (χ1n) is 6.68. The van der Waals surface area contributed by atoms with Crippen molar-refractivity contribution < 1.29 is 14.3 Å². The van der Waals surface area contributed by atoms with Crippen LogP contribution in [0.4, 0.5) is 10.2 Å². The van der Waals surface area contributed by atoms with E-state index in [2.05, 4.69) is 9.97 Å². The Morgan fingerprint density at radius 2 is 1.95 bits per heavy atom. The lowest BCUT2D eigenvalue weighted by Crippen LogP contribution is -2.26. The zero-order valence-electron chi connectivity index (χ0n) is 11.9. The van der Waals surface area contributed by atoms with Gasteiger partial charge in [-0.25, -0.2) is 19.2 Å². The molecule has 0 fully saturated rings. The Hall–Kier alpha value is -2.50. The van der Waals surface area contributed by atoms with E-state index in [1.54, 1.807) is 23.1 Å². The molecule has 110 valence electrons. The second-order valence-corrected chi connectivity index (χ2v) is 4.39. The van der Waals surface area contributed by atoms with Crippen LogP contribution in [0.15, 0.2) is 30.5 Å². The van der Waals surface area contributed by atoms with Crippen LogP contribution in [-0.4, -0.2) is 34.1 Å². The summed E-state index contributed by atoms with van der Waals surface area (Å²) in [4.78, 5) is 21.3. The number of hydrogen-bond donors (Lipinski definition) is 1. The second-order valence-electron chi connectivity index (χ2n) is 4.39. The van der Waals surface area contributed by atoms with Crippen molar-refractivity contribution in [2.24, 2.45) is 0 Å². The van der Waals surface area contributed by atoms with Crippen LogP contribution in [0.1, 0.15) is 24.2 Å². The topological polar surface area (TPSA) is 66.3 Å². The van der Waals surface area contributed by atoms with E-state index in [4.69, 9.17) is 0 Å². The minimum Gasteiger partial charge on any atom is -0.477 e. The lowest BCUT2D eigenvalue weighted by Gasteiger charge is -2.21. The summed E-state index contributed by atoms with van der Waals surface area (Å²) in [6.45, 7) is 5.01. The first kappa shape index (κ1) is 14.9. The summed E-state index contributed by atoms with van der Waals surface area (Å²) in [7, 11) is 0. The van der Waals surface area contributed by atoms with Crippen molar-refractivity contribution in [1.29, 1.82) is 0 Å². The molecule has 1 heterocycles. The van der Waals surface area contributed by atoms with E-state index >= 15 is 0 Å². The molecule has 0 aliphatic carbocycles. The van der Waals surface area contributed by atoms with Gasteiger partial charge in [-0.15, -0.1) is 0 Å². The molecule has 21 heavy (non-hydrogen) atoms. The monoisotopic (exact) mass is 289 g/mol. The molecule has 0 bridgehead atoms. The summed E-state index contributed by atoms with van der Waals surface area (Å²) in [6.07, 6.45) is 1.23. The molecule has 0 amide bonds. The summed E-state index contributed by atoms with van der Waals surface area (Å²) in [6, 6.07) is 6.15. The Bertz CT molecular complexity index is 657. The third kappa shape index (κ3) is 2.99. The molecule has 2 aromatic rings. The number of aromatic nitrogens is 2. The highest BCUT2D eigenvalue weighted by Gasteiger charge is 2.19. The van der Waals surface area contributed by atoms with Gasteiger partial charge in [0.25, 0.3) is 0 Å². The quantitative estimate of drug-likeness (QED) is 0.916. The van der Waals surface area contributed by atoms with Gasteiger partial charge in [0.05, 0.1) is 5.56 Å². The number of carbonyl (C=O) groups is 1. The summed E-state index contributed by atoms with van der Waals surface area (Å²) < 4.78 is 13.8. The van der Waals surface area contributed by atoms with E-state index < -0.39 is 11.8 Å². The molecule has 1 aromatic heterocycles. The van der Waals surface area contributed by atoms with E-state index in [1.807, 2.05) is 13.8 Å². The molecule has 0 radical (unpaired) electrons. The maximum atomic E-state index is 13.8. The number of rotatable bonds is 5. The van der Waals surface area contributed by atoms with E-state index in [0.717, 1.165) is 0 Å². The molecule has 1 aromatic carbocycles. The molecule has 1 N–H and O–H groups in total. The van der Waals surface area contributed by atoms with Gasteiger partial charge in [-0.05, 0) is 26.0 Å². The minimum atomic E-state index is -1.10. The zero-order valence-corrected chi connectivity index (χ0v) is 11.9. The third-order valence-corrected chi connectivity index (χ3v) is 3.18. The molecule has 0 saturated heterocycles. The zero-order chi connectivity index (χ0) is 15.4. The predicted octanol–water partition coefficient (Wildman–Crippen LogP) is 2.83. The van der Waals surface area contributed by atoms with Gasteiger partial charge < -0.3 is 10.0 Å². The van der Waals surface area contributed by atoms with Crippen molar-refractivity contribution in [2.45, 2.75) is 13.8 Å². The van der Waals surface area contributed by atoms with Gasteiger partial charge in [0, 0.05) is 19.3 Å². The van der Waals surface area contributed by atoms with Crippen LogP contribution in [0.25, 0.3) is 11.4 Å². The molecular weight excluding hydrogens is 273 g/mol. The third-order valence-electron chi connectivity index (χ3n) is 3.18. The van der Waals surface area contributed by atoms with Gasteiger partial charge in [0.1, 0.15) is 17.2 Å². The Balaban J connectivity index is 2.59. The van der Waals surface area contributed by atoms with Gasteiger partial charge in [0.15, 0.2) is 5.82 Å². The molecular formula is C15H16FN3O2. The second kappa shape index (κ2) is 6.30. The molecule has 0 aliphatic rings. The average Bonchev–Trinajstić information content (AvgIpc) is 2.48. The van der Waals surface area contributed by atoms with E-state index in [-0.39, 0.29) is 17.0 Å². The van der Waals surface area contributed by atoms with Crippen LogP contribution in [0, 0.1) is 5.82 Å². The Labute approximate surface area is 122 Å². The van der Waals surface area contributed by atoms with Gasteiger partial charge in [-0.3, -0.25) is 0 Å². The number of halogens is 1. The van der Waals surface area contributed by atoms with Crippen molar-refractivity contribution in [3.63, 3.8) is 0 Å². The largest absolute Gasteiger partial charge is 0.477 e. The molecule has 0 saturated carbocycles. The summed E-state index contributed by atoms with van der Waals surface area (Å²) in [5, 5.41) is 9.24. The van der Waals surface area contributed by atoms with Crippen molar-refractivity contribution >= 4 is 11.8 Å². The predicted molar refractivity (Wildman–Crippen MR) is 77.9 cm³/mol. The fraction of sp³-hybridized carbons (Fsp3) is 0.267. The van der Waals surface area contributed by atoms with E-state index in [9.17, 15) is 14.3 Å². The minimum absolute atomic E-state index is 0.0128. The molecule has 0 spiro atoms. The Kier molecular flexibility index (Phi) is 4.47. The highest BCUT2D eigenvalue weighted by Crippen LogP contribution is 2.24. The number of benzene rings is 1. The average molecular weight is 289 g/mol. The van der Waals surface area contributed by atoms with Crippen molar-refractivity contribution in [2.75, 3.05) is 18.0 Å². The van der Waals surface area contributed by atoms with Gasteiger partial charge in [-0.1, -0.05) is 12.1 Å². The number of aromatic carboxylic acids is 1. The maximum absolute atomic E-state index is 13.8.